The summed E-state index contributed by atoms with van der Waals surface area (Å²) in [7, 11) is 0. The number of rotatable bonds is 3. The van der Waals surface area contributed by atoms with Crippen LogP contribution in [-0.4, -0.2) is 24.2 Å². The lowest BCUT2D eigenvalue weighted by atomic mass is 10.2. The summed E-state index contributed by atoms with van der Waals surface area (Å²) in [5.74, 6) is -0.318. The van der Waals surface area contributed by atoms with Gasteiger partial charge in [0, 0.05) is 0 Å². The molecule has 11 heavy (non-hydrogen) atoms. The Morgan fingerprint density at radius 3 is 2.18 bits per heavy atom. The molecule has 3 atom stereocenters. The van der Waals surface area contributed by atoms with Crippen molar-refractivity contribution in [3.8, 4) is 0 Å². The van der Waals surface area contributed by atoms with Gasteiger partial charge in [-0.1, -0.05) is 0 Å². The summed E-state index contributed by atoms with van der Waals surface area (Å²) < 4.78 is 12.5. The van der Waals surface area contributed by atoms with Crippen LogP contribution in [0.1, 0.15) is 20.8 Å². The van der Waals surface area contributed by atoms with Crippen LogP contribution < -0.4 is 11.1 Å². The fraction of sp³-hybridized carbons (Fsp3) is 0.857. The van der Waals surface area contributed by atoms with E-state index in [2.05, 4.69) is 5.32 Å². The first-order chi connectivity index (χ1) is 4.95. The van der Waals surface area contributed by atoms with E-state index in [0.717, 1.165) is 0 Å². The number of carbonyl (C=O) groups is 1. The molecule has 3 nitrogen and oxygen atoms in total. The summed E-state index contributed by atoms with van der Waals surface area (Å²) in [6.07, 6.45) is -1.04. The average Bonchev–Trinajstić information content (AvgIpc) is 1.87. The third-order valence-corrected chi connectivity index (χ3v) is 1.47. The minimum Gasteiger partial charge on any atom is -0.349 e. The minimum absolute atomic E-state index is 0.318. The van der Waals surface area contributed by atoms with E-state index in [9.17, 15) is 9.18 Å². The number of hydrogen-bond donors (Lipinski definition) is 2. The van der Waals surface area contributed by atoms with E-state index < -0.39 is 18.3 Å². The molecule has 0 aliphatic carbocycles. The molecule has 4 heteroatoms. The molecule has 0 aromatic carbocycles. The molecule has 0 radical (unpaired) electrons. The van der Waals surface area contributed by atoms with Crippen molar-refractivity contribution < 1.29 is 9.18 Å². The number of alkyl halides is 1. The Balaban J connectivity index is 3.76. The highest BCUT2D eigenvalue weighted by atomic mass is 19.1. The van der Waals surface area contributed by atoms with Gasteiger partial charge in [0.1, 0.15) is 6.17 Å². The van der Waals surface area contributed by atoms with E-state index in [4.69, 9.17) is 5.73 Å². The number of halogens is 1. The Morgan fingerprint density at radius 2 is 1.91 bits per heavy atom. The maximum absolute atomic E-state index is 12.5. The molecule has 66 valence electrons. The summed E-state index contributed by atoms with van der Waals surface area (Å²) in [6, 6.07) is -1.04. The van der Waals surface area contributed by atoms with Gasteiger partial charge in [-0.25, -0.2) is 4.39 Å². The zero-order chi connectivity index (χ0) is 9.02. The summed E-state index contributed by atoms with van der Waals surface area (Å²) in [5, 5.41) is 2.44. The molecule has 0 aromatic heterocycles. The van der Waals surface area contributed by atoms with Crippen LogP contribution in [0.4, 0.5) is 4.39 Å². The van der Waals surface area contributed by atoms with Gasteiger partial charge in [0.15, 0.2) is 0 Å². The van der Waals surface area contributed by atoms with Crippen molar-refractivity contribution in [2.24, 2.45) is 5.73 Å². The van der Waals surface area contributed by atoms with Crippen LogP contribution in [0.5, 0.6) is 0 Å². The van der Waals surface area contributed by atoms with Crippen molar-refractivity contribution in [2.45, 2.75) is 39.0 Å². The van der Waals surface area contributed by atoms with Crippen LogP contribution in [-0.2, 0) is 4.79 Å². The largest absolute Gasteiger partial charge is 0.349 e. The van der Waals surface area contributed by atoms with E-state index in [-0.39, 0.29) is 5.91 Å². The number of nitrogens with one attached hydrogen (secondary N) is 1. The molecule has 3 unspecified atom stereocenters. The van der Waals surface area contributed by atoms with Crippen molar-refractivity contribution in [3.05, 3.63) is 0 Å². The van der Waals surface area contributed by atoms with E-state index in [1.807, 2.05) is 0 Å². The van der Waals surface area contributed by atoms with Gasteiger partial charge in [0.2, 0.25) is 5.91 Å². The molecule has 0 aliphatic heterocycles. The number of amides is 1. The number of hydrogen-bond acceptors (Lipinski definition) is 2. The Kier molecular flexibility index (Phi) is 4.03. The molecule has 3 N–H and O–H groups in total. The summed E-state index contributed by atoms with van der Waals surface area (Å²) in [6.45, 7) is 4.56. The second-order valence-electron chi connectivity index (χ2n) is 2.76. The van der Waals surface area contributed by atoms with E-state index >= 15 is 0 Å². The lowest BCUT2D eigenvalue weighted by Crippen LogP contribution is -2.45. The minimum atomic E-state index is -1.04. The van der Waals surface area contributed by atoms with E-state index in [0.29, 0.717) is 0 Å². The van der Waals surface area contributed by atoms with Gasteiger partial charge in [-0.15, -0.1) is 0 Å². The molecular formula is C7H15FN2O. The average molecular weight is 162 g/mol. The zero-order valence-electron chi connectivity index (χ0n) is 7.10. The Hall–Kier alpha value is -0.640. The molecule has 0 saturated carbocycles. The maximum Gasteiger partial charge on any atom is 0.236 e. The topological polar surface area (TPSA) is 55.1 Å². The monoisotopic (exact) mass is 162 g/mol. The number of nitrogens with two attached hydrogens (primary N) is 1. The molecule has 0 rings (SSSR count). The highest BCUT2D eigenvalue weighted by Crippen LogP contribution is 1.96. The van der Waals surface area contributed by atoms with Gasteiger partial charge >= 0.3 is 0 Å². The fourth-order valence-corrected chi connectivity index (χ4v) is 0.471. The second-order valence-corrected chi connectivity index (χ2v) is 2.76. The Labute approximate surface area is 66.1 Å². The smallest absolute Gasteiger partial charge is 0.236 e. The molecule has 0 fully saturated rings. The molecule has 0 aliphatic rings. The number of carbonyl (C=O) groups excluding carboxylic acids is 1. The molecule has 0 heterocycles. The fourth-order valence-electron chi connectivity index (χ4n) is 0.471. The first-order valence-corrected chi connectivity index (χ1v) is 3.65. The van der Waals surface area contributed by atoms with Gasteiger partial charge in [0.25, 0.3) is 0 Å². The molecule has 0 spiro atoms. The van der Waals surface area contributed by atoms with Crippen LogP contribution in [0.3, 0.4) is 0 Å². The van der Waals surface area contributed by atoms with E-state index in [1.165, 1.54) is 6.92 Å². The predicted molar refractivity (Wildman–Crippen MR) is 41.8 cm³/mol. The van der Waals surface area contributed by atoms with Gasteiger partial charge in [-0.05, 0) is 20.8 Å². The lowest BCUT2D eigenvalue weighted by Gasteiger charge is -2.16. The first kappa shape index (κ1) is 10.4. The van der Waals surface area contributed by atoms with Gasteiger partial charge in [0.05, 0.1) is 12.1 Å². The van der Waals surface area contributed by atoms with Crippen LogP contribution in [0, 0.1) is 0 Å². The van der Waals surface area contributed by atoms with Crippen molar-refractivity contribution in [2.75, 3.05) is 0 Å². The second kappa shape index (κ2) is 4.28. The van der Waals surface area contributed by atoms with Crippen LogP contribution >= 0.6 is 0 Å². The summed E-state index contributed by atoms with van der Waals surface area (Å²) >= 11 is 0. The standard InChI is InChI=1S/C7H15FN2O/c1-4(8)6(3)10-7(11)5(2)9/h4-6H,9H2,1-3H3,(H,10,11). The van der Waals surface area contributed by atoms with Gasteiger partial charge in [-0.3, -0.25) is 4.79 Å². The van der Waals surface area contributed by atoms with Crippen molar-refractivity contribution in [3.63, 3.8) is 0 Å². The highest BCUT2D eigenvalue weighted by molar-refractivity contribution is 5.81. The third-order valence-electron chi connectivity index (χ3n) is 1.47. The molecule has 0 aromatic rings. The molecule has 0 bridgehead atoms. The van der Waals surface area contributed by atoms with Crippen molar-refractivity contribution in [1.82, 2.24) is 5.32 Å². The van der Waals surface area contributed by atoms with Crippen LogP contribution in [0.15, 0.2) is 0 Å². The maximum atomic E-state index is 12.5. The SMILES string of the molecule is CC(N)C(=O)NC(C)C(C)F. The third kappa shape index (κ3) is 3.93. The molecule has 0 saturated heterocycles. The lowest BCUT2D eigenvalue weighted by molar-refractivity contribution is -0.123. The quantitative estimate of drug-likeness (QED) is 0.622. The van der Waals surface area contributed by atoms with Gasteiger partial charge in [-0.2, -0.15) is 0 Å². The van der Waals surface area contributed by atoms with Crippen LogP contribution in [0.25, 0.3) is 0 Å². The Bertz CT molecular complexity index is 136. The molecular weight excluding hydrogens is 147 g/mol. The normalized spacial score (nSPS) is 18.6. The predicted octanol–water partition coefficient (Wildman–Crippen LogP) is 0.196. The van der Waals surface area contributed by atoms with Crippen molar-refractivity contribution >= 4 is 5.91 Å². The van der Waals surface area contributed by atoms with Crippen molar-refractivity contribution in [1.29, 1.82) is 0 Å². The van der Waals surface area contributed by atoms with Gasteiger partial charge < -0.3 is 11.1 Å². The first-order valence-electron chi connectivity index (χ1n) is 3.65. The highest BCUT2D eigenvalue weighted by Gasteiger charge is 2.15. The van der Waals surface area contributed by atoms with E-state index in [1.54, 1.807) is 13.8 Å². The summed E-state index contributed by atoms with van der Waals surface area (Å²) in [4.78, 5) is 10.9. The summed E-state index contributed by atoms with van der Waals surface area (Å²) in [5.41, 5.74) is 5.25. The van der Waals surface area contributed by atoms with Crippen LogP contribution in [0.2, 0.25) is 0 Å². The Morgan fingerprint density at radius 1 is 1.45 bits per heavy atom. The zero-order valence-corrected chi connectivity index (χ0v) is 7.10. The molecule has 1 amide bonds.